The number of halogens is 1. The molecule has 0 fully saturated rings. The summed E-state index contributed by atoms with van der Waals surface area (Å²) >= 11 is 3.28. The van der Waals surface area contributed by atoms with E-state index in [-0.39, 0.29) is 5.60 Å². The lowest BCUT2D eigenvalue weighted by Gasteiger charge is -2.23. The Balaban J connectivity index is 2.87. The molecule has 1 aromatic heterocycles. The number of aromatic nitrogens is 2. The summed E-state index contributed by atoms with van der Waals surface area (Å²) in [5, 5.41) is 0. The van der Waals surface area contributed by atoms with E-state index in [0.29, 0.717) is 16.4 Å². The first-order valence-corrected chi connectivity index (χ1v) is 5.53. The minimum atomic E-state index is -0.265. The summed E-state index contributed by atoms with van der Waals surface area (Å²) in [5.41, 5.74) is -0.265. The molecule has 0 spiro atoms. The molecular formula is C10H15BrN2O2. The standard InChI is InChI=1S/C10H15BrN2O2/c1-5-10(2,3)15-9-12-6-7(11)8(13-9)14-4/h6H,5H2,1-4H3. The van der Waals surface area contributed by atoms with Crippen LogP contribution in [0.1, 0.15) is 27.2 Å². The van der Waals surface area contributed by atoms with Crippen LogP contribution in [-0.4, -0.2) is 22.7 Å². The van der Waals surface area contributed by atoms with E-state index >= 15 is 0 Å². The Hall–Kier alpha value is -0.840. The number of rotatable bonds is 4. The molecule has 0 aliphatic heterocycles. The van der Waals surface area contributed by atoms with Crippen molar-refractivity contribution in [3.05, 3.63) is 10.7 Å². The number of hydrogen-bond acceptors (Lipinski definition) is 4. The van der Waals surface area contributed by atoms with Crippen LogP contribution in [0.15, 0.2) is 10.7 Å². The van der Waals surface area contributed by atoms with Crippen molar-refractivity contribution < 1.29 is 9.47 Å². The predicted octanol–water partition coefficient (Wildman–Crippen LogP) is 2.82. The number of ether oxygens (including phenoxy) is 2. The van der Waals surface area contributed by atoms with Crippen molar-refractivity contribution in [2.24, 2.45) is 0 Å². The summed E-state index contributed by atoms with van der Waals surface area (Å²) in [5.74, 6) is 0.479. The molecular weight excluding hydrogens is 260 g/mol. The van der Waals surface area contributed by atoms with Crippen LogP contribution in [0.25, 0.3) is 0 Å². The van der Waals surface area contributed by atoms with Crippen molar-refractivity contribution >= 4 is 15.9 Å². The van der Waals surface area contributed by atoms with E-state index in [1.54, 1.807) is 13.3 Å². The van der Waals surface area contributed by atoms with Crippen molar-refractivity contribution in [2.75, 3.05) is 7.11 Å². The van der Waals surface area contributed by atoms with Crippen LogP contribution in [0.4, 0.5) is 0 Å². The van der Waals surface area contributed by atoms with E-state index in [1.807, 2.05) is 13.8 Å². The van der Waals surface area contributed by atoms with Gasteiger partial charge in [-0.1, -0.05) is 6.92 Å². The summed E-state index contributed by atoms with van der Waals surface area (Å²) < 4.78 is 11.4. The smallest absolute Gasteiger partial charge is 0.320 e. The maximum Gasteiger partial charge on any atom is 0.320 e. The molecule has 0 saturated heterocycles. The van der Waals surface area contributed by atoms with E-state index in [0.717, 1.165) is 6.42 Å². The minimum Gasteiger partial charge on any atom is -0.480 e. The molecule has 0 N–H and O–H groups in total. The van der Waals surface area contributed by atoms with Crippen molar-refractivity contribution in [1.29, 1.82) is 0 Å². The molecule has 0 unspecified atom stereocenters. The Bertz CT molecular complexity index is 342. The summed E-state index contributed by atoms with van der Waals surface area (Å²) in [6, 6.07) is 0.335. The van der Waals surface area contributed by atoms with Gasteiger partial charge in [-0.25, -0.2) is 4.98 Å². The normalized spacial score (nSPS) is 11.3. The maximum absolute atomic E-state index is 5.63. The van der Waals surface area contributed by atoms with Crippen LogP contribution in [0.5, 0.6) is 11.9 Å². The molecule has 0 atom stereocenters. The molecule has 1 heterocycles. The van der Waals surface area contributed by atoms with Crippen molar-refractivity contribution in [1.82, 2.24) is 9.97 Å². The van der Waals surface area contributed by atoms with Crippen LogP contribution in [0, 0.1) is 0 Å². The first-order chi connectivity index (χ1) is 6.98. The fraction of sp³-hybridized carbons (Fsp3) is 0.600. The van der Waals surface area contributed by atoms with Gasteiger partial charge in [0.05, 0.1) is 17.8 Å². The van der Waals surface area contributed by atoms with Crippen LogP contribution >= 0.6 is 15.9 Å². The van der Waals surface area contributed by atoms with Crippen LogP contribution in [-0.2, 0) is 0 Å². The second-order valence-corrected chi connectivity index (χ2v) is 4.58. The van der Waals surface area contributed by atoms with Gasteiger partial charge in [-0.3, -0.25) is 0 Å². The molecule has 0 aliphatic rings. The Labute approximate surface area is 98.2 Å². The van der Waals surface area contributed by atoms with E-state index < -0.39 is 0 Å². The number of methoxy groups -OCH3 is 1. The van der Waals surface area contributed by atoms with E-state index in [1.165, 1.54) is 0 Å². The quantitative estimate of drug-likeness (QED) is 0.847. The van der Waals surface area contributed by atoms with Gasteiger partial charge < -0.3 is 9.47 Å². The monoisotopic (exact) mass is 274 g/mol. The molecule has 1 aromatic rings. The minimum absolute atomic E-state index is 0.265. The SMILES string of the molecule is CCC(C)(C)Oc1ncc(Br)c(OC)n1. The van der Waals surface area contributed by atoms with Gasteiger partial charge in [0.15, 0.2) is 0 Å². The third-order valence-corrected chi connectivity index (χ3v) is 2.65. The van der Waals surface area contributed by atoms with Gasteiger partial charge in [0.1, 0.15) is 5.60 Å². The summed E-state index contributed by atoms with van der Waals surface area (Å²) in [7, 11) is 1.56. The topological polar surface area (TPSA) is 44.2 Å². The zero-order valence-corrected chi connectivity index (χ0v) is 11.0. The zero-order chi connectivity index (χ0) is 11.5. The molecule has 0 bridgehead atoms. The van der Waals surface area contributed by atoms with E-state index in [9.17, 15) is 0 Å². The fourth-order valence-electron chi connectivity index (χ4n) is 0.848. The van der Waals surface area contributed by atoms with Gasteiger partial charge in [-0.05, 0) is 36.2 Å². The molecule has 15 heavy (non-hydrogen) atoms. The molecule has 0 amide bonds. The Morgan fingerprint density at radius 1 is 1.47 bits per heavy atom. The van der Waals surface area contributed by atoms with Crippen LogP contribution < -0.4 is 9.47 Å². The molecule has 0 radical (unpaired) electrons. The number of nitrogens with zero attached hydrogens (tertiary/aromatic N) is 2. The lowest BCUT2D eigenvalue weighted by atomic mass is 10.1. The Kier molecular flexibility index (Phi) is 3.90. The summed E-state index contributed by atoms with van der Waals surface area (Å²) in [6.07, 6.45) is 2.50. The molecule has 0 aromatic carbocycles. The highest BCUT2D eigenvalue weighted by atomic mass is 79.9. The van der Waals surface area contributed by atoms with Gasteiger partial charge >= 0.3 is 6.01 Å². The van der Waals surface area contributed by atoms with Crippen molar-refractivity contribution in [2.45, 2.75) is 32.8 Å². The third kappa shape index (κ3) is 3.34. The zero-order valence-electron chi connectivity index (χ0n) is 9.37. The van der Waals surface area contributed by atoms with Crippen LogP contribution in [0.2, 0.25) is 0 Å². The highest BCUT2D eigenvalue weighted by Crippen LogP contribution is 2.25. The first kappa shape index (κ1) is 12.2. The maximum atomic E-state index is 5.63. The first-order valence-electron chi connectivity index (χ1n) is 4.74. The summed E-state index contributed by atoms with van der Waals surface area (Å²) in [6.45, 7) is 6.03. The van der Waals surface area contributed by atoms with Gasteiger partial charge in [-0.15, -0.1) is 0 Å². The second-order valence-electron chi connectivity index (χ2n) is 3.73. The third-order valence-electron chi connectivity index (χ3n) is 2.10. The molecule has 5 heteroatoms. The largest absolute Gasteiger partial charge is 0.480 e. The molecule has 84 valence electrons. The van der Waals surface area contributed by atoms with Gasteiger partial charge in [0, 0.05) is 0 Å². The van der Waals surface area contributed by atoms with E-state index in [4.69, 9.17) is 9.47 Å². The number of hydrogen-bond donors (Lipinski definition) is 0. The molecule has 0 saturated carbocycles. The highest BCUT2D eigenvalue weighted by molar-refractivity contribution is 9.10. The molecule has 0 aliphatic carbocycles. The fourth-order valence-corrected chi connectivity index (χ4v) is 1.20. The second kappa shape index (κ2) is 4.79. The lowest BCUT2D eigenvalue weighted by molar-refractivity contribution is 0.0913. The van der Waals surface area contributed by atoms with Gasteiger partial charge in [0.25, 0.3) is 0 Å². The Morgan fingerprint density at radius 3 is 2.67 bits per heavy atom. The summed E-state index contributed by atoms with van der Waals surface area (Å²) in [4.78, 5) is 8.18. The average molecular weight is 275 g/mol. The molecule has 1 rings (SSSR count). The van der Waals surface area contributed by atoms with Crippen molar-refractivity contribution in [3.63, 3.8) is 0 Å². The lowest BCUT2D eigenvalue weighted by Crippen LogP contribution is -2.27. The Morgan fingerprint density at radius 2 is 2.13 bits per heavy atom. The van der Waals surface area contributed by atoms with E-state index in [2.05, 4.69) is 32.8 Å². The van der Waals surface area contributed by atoms with Gasteiger partial charge in [-0.2, -0.15) is 4.98 Å². The predicted molar refractivity (Wildman–Crippen MR) is 61.3 cm³/mol. The highest BCUT2D eigenvalue weighted by Gasteiger charge is 2.19. The van der Waals surface area contributed by atoms with Gasteiger partial charge in [0.2, 0.25) is 5.88 Å². The average Bonchev–Trinajstić information content (AvgIpc) is 2.20. The van der Waals surface area contributed by atoms with Crippen molar-refractivity contribution in [3.8, 4) is 11.9 Å². The molecule has 4 nitrogen and oxygen atoms in total. The van der Waals surface area contributed by atoms with Crippen LogP contribution in [0.3, 0.4) is 0 Å².